The molecule has 1 aliphatic heterocycles. The fourth-order valence-electron chi connectivity index (χ4n) is 4.16. The summed E-state index contributed by atoms with van der Waals surface area (Å²) in [6.45, 7) is 0.205. The molecule has 2 aromatic carbocycles. The number of benzene rings is 2. The standard InChI is InChI=1S/C24H27N3O6/c1-29-15-8-6-7-14(11-15)21-20-22(26-25-21)24(28)27(13-19(32-4)33-5)23(20)17-12-16(30-2)9-10-18(17)31-3/h6-12,19,23H,13H2,1-5H3,(H,25,26). The molecule has 0 saturated heterocycles. The van der Waals surface area contributed by atoms with Gasteiger partial charge in [0.2, 0.25) is 0 Å². The third-order valence-electron chi connectivity index (χ3n) is 5.81. The van der Waals surface area contributed by atoms with Gasteiger partial charge in [-0.2, -0.15) is 5.10 Å². The second-order valence-electron chi connectivity index (χ2n) is 7.46. The predicted molar refractivity (Wildman–Crippen MR) is 121 cm³/mol. The molecule has 1 unspecified atom stereocenters. The van der Waals surface area contributed by atoms with Crippen LogP contribution in [0.2, 0.25) is 0 Å². The number of nitrogens with zero attached hydrogens (tertiary/aromatic N) is 2. The summed E-state index contributed by atoms with van der Waals surface area (Å²) >= 11 is 0. The van der Waals surface area contributed by atoms with Crippen LogP contribution in [-0.2, 0) is 9.47 Å². The average Bonchev–Trinajstić information content (AvgIpc) is 3.40. The van der Waals surface area contributed by atoms with Gasteiger partial charge in [0.1, 0.15) is 22.9 Å². The van der Waals surface area contributed by atoms with Crippen molar-refractivity contribution in [3.05, 3.63) is 59.3 Å². The Hall–Kier alpha value is -3.56. The van der Waals surface area contributed by atoms with Gasteiger partial charge in [0.05, 0.1) is 39.6 Å². The van der Waals surface area contributed by atoms with Crippen LogP contribution in [0.1, 0.15) is 27.7 Å². The van der Waals surface area contributed by atoms with Crippen LogP contribution in [0.15, 0.2) is 42.5 Å². The van der Waals surface area contributed by atoms with Crippen molar-refractivity contribution in [1.82, 2.24) is 15.1 Å². The van der Waals surface area contributed by atoms with Gasteiger partial charge in [0.25, 0.3) is 5.91 Å². The number of amides is 1. The highest BCUT2D eigenvalue weighted by atomic mass is 16.7. The van der Waals surface area contributed by atoms with Crippen LogP contribution >= 0.6 is 0 Å². The fourth-order valence-corrected chi connectivity index (χ4v) is 4.16. The largest absolute Gasteiger partial charge is 0.497 e. The van der Waals surface area contributed by atoms with E-state index in [1.807, 2.05) is 42.5 Å². The number of H-pyrrole nitrogens is 1. The molecule has 4 rings (SSSR count). The minimum atomic E-state index is -0.606. The van der Waals surface area contributed by atoms with Crippen LogP contribution in [-0.4, -0.2) is 69.4 Å². The smallest absolute Gasteiger partial charge is 0.273 e. The van der Waals surface area contributed by atoms with Gasteiger partial charge < -0.3 is 28.6 Å². The van der Waals surface area contributed by atoms with Crippen LogP contribution < -0.4 is 14.2 Å². The third kappa shape index (κ3) is 4.01. The summed E-state index contributed by atoms with van der Waals surface area (Å²) in [4.78, 5) is 15.2. The summed E-state index contributed by atoms with van der Waals surface area (Å²) in [6.07, 6.45) is -0.606. The molecular weight excluding hydrogens is 426 g/mol. The Morgan fingerprint density at radius 1 is 0.970 bits per heavy atom. The van der Waals surface area contributed by atoms with E-state index in [-0.39, 0.29) is 12.5 Å². The topological polar surface area (TPSA) is 95.1 Å². The van der Waals surface area contributed by atoms with Crippen molar-refractivity contribution < 1.29 is 28.5 Å². The molecule has 33 heavy (non-hydrogen) atoms. The first kappa shape index (κ1) is 22.6. The van der Waals surface area contributed by atoms with Crippen molar-refractivity contribution in [2.24, 2.45) is 0 Å². The first-order valence-corrected chi connectivity index (χ1v) is 10.4. The van der Waals surface area contributed by atoms with Gasteiger partial charge >= 0.3 is 0 Å². The molecule has 3 aromatic rings. The number of rotatable bonds is 9. The molecule has 1 aromatic heterocycles. The summed E-state index contributed by atoms with van der Waals surface area (Å²) in [5, 5.41) is 7.44. The van der Waals surface area contributed by atoms with E-state index in [0.29, 0.717) is 28.6 Å². The average molecular weight is 453 g/mol. The van der Waals surface area contributed by atoms with E-state index in [4.69, 9.17) is 23.7 Å². The number of aromatic amines is 1. The summed E-state index contributed by atoms with van der Waals surface area (Å²) in [7, 11) is 7.88. The SMILES string of the molecule is COc1cccc(-c2n[nH]c3c2C(c2cc(OC)ccc2OC)N(CC(OC)OC)C3=O)c1. The highest BCUT2D eigenvalue weighted by Gasteiger charge is 2.44. The lowest BCUT2D eigenvalue weighted by molar-refractivity contribution is -0.113. The van der Waals surface area contributed by atoms with Crippen LogP contribution in [0.4, 0.5) is 0 Å². The Labute approximate surface area is 192 Å². The predicted octanol–water partition coefficient (Wildman–Crippen LogP) is 3.27. The zero-order chi connectivity index (χ0) is 23.5. The molecule has 1 atom stereocenters. The summed E-state index contributed by atoms with van der Waals surface area (Å²) in [6, 6.07) is 12.6. The molecular formula is C24H27N3O6. The Balaban J connectivity index is 1.92. The lowest BCUT2D eigenvalue weighted by atomic mass is 9.95. The van der Waals surface area contributed by atoms with E-state index < -0.39 is 12.3 Å². The van der Waals surface area contributed by atoms with Crippen LogP contribution in [0.3, 0.4) is 0 Å². The second-order valence-corrected chi connectivity index (χ2v) is 7.46. The number of aromatic nitrogens is 2. The van der Waals surface area contributed by atoms with Crippen molar-refractivity contribution in [1.29, 1.82) is 0 Å². The quantitative estimate of drug-likeness (QED) is 0.497. The normalized spacial score (nSPS) is 15.2. The molecule has 0 saturated carbocycles. The van der Waals surface area contributed by atoms with E-state index in [9.17, 15) is 4.79 Å². The monoisotopic (exact) mass is 453 g/mol. The molecule has 1 aliphatic rings. The lowest BCUT2D eigenvalue weighted by Gasteiger charge is -2.30. The molecule has 174 valence electrons. The maximum absolute atomic E-state index is 13.5. The van der Waals surface area contributed by atoms with E-state index in [0.717, 1.165) is 16.7 Å². The number of methoxy groups -OCH3 is 5. The first-order chi connectivity index (χ1) is 16.1. The number of carbonyl (C=O) groups excluding carboxylic acids is 1. The molecule has 0 bridgehead atoms. The number of carbonyl (C=O) groups is 1. The Kier molecular flexibility index (Phi) is 6.52. The summed E-state index contributed by atoms with van der Waals surface area (Å²) in [5.41, 5.74) is 3.39. The number of hydrogen-bond donors (Lipinski definition) is 1. The maximum Gasteiger partial charge on any atom is 0.273 e. The van der Waals surface area contributed by atoms with E-state index in [2.05, 4.69) is 10.2 Å². The molecule has 9 nitrogen and oxygen atoms in total. The summed E-state index contributed by atoms with van der Waals surface area (Å²) < 4.78 is 27.3. The lowest BCUT2D eigenvalue weighted by Crippen LogP contribution is -2.38. The van der Waals surface area contributed by atoms with Crippen molar-refractivity contribution in [2.45, 2.75) is 12.3 Å². The number of ether oxygens (including phenoxy) is 5. The third-order valence-corrected chi connectivity index (χ3v) is 5.81. The van der Waals surface area contributed by atoms with Crippen LogP contribution in [0, 0.1) is 0 Å². The van der Waals surface area contributed by atoms with Gasteiger partial charge in [-0.05, 0) is 30.3 Å². The summed E-state index contributed by atoms with van der Waals surface area (Å²) in [5.74, 6) is 1.75. The number of fused-ring (bicyclic) bond motifs is 1. The zero-order valence-electron chi connectivity index (χ0n) is 19.2. The molecule has 0 fully saturated rings. The van der Waals surface area contributed by atoms with Crippen LogP contribution in [0.5, 0.6) is 17.2 Å². The van der Waals surface area contributed by atoms with E-state index in [1.165, 1.54) is 0 Å². The first-order valence-electron chi connectivity index (χ1n) is 10.4. The van der Waals surface area contributed by atoms with E-state index in [1.54, 1.807) is 40.4 Å². The molecule has 1 amide bonds. The molecule has 1 N–H and O–H groups in total. The van der Waals surface area contributed by atoms with Gasteiger partial charge in [-0.15, -0.1) is 0 Å². The van der Waals surface area contributed by atoms with Gasteiger partial charge in [-0.25, -0.2) is 0 Å². The highest BCUT2D eigenvalue weighted by Crippen LogP contribution is 2.46. The number of nitrogens with one attached hydrogen (secondary N) is 1. The minimum absolute atomic E-state index is 0.205. The molecule has 0 aliphatic carbocycles. The van der Waals surface area contributed by atoms with Crippen LogP contribution in [0.25, 0.3) is 11.3 Å². The molecule has 2 heterocycles. The Morgan fingerprint density at radius 3 is 2.36 bits per heavy atom. The second kappa shape index (κ2) is 9.51. The van der Waals surface area contributed by atoms with Crippen molar-refractivity contribution in [3.63, 3.8) is 0 Å². The Morgan fingerprint density at radius 2 is 1.70 bits per heavy atom. The van der Waals surface area contributed by atoms with Gasteiger partial charge in [-0.3, -0.25) is 9.89 Å². The van der Waals surface area contributed by atoms with Gasteiger partial charge in [0, 0.05) is 30.9 Å². The van der Waals surface area contributed by atoms with E-state index >= 15 is 0 Å². The van der Waals surface area contributed by atoms with Crippen molar-refractivity contribution in [2.75, 3.05) is 42.1 Å². The van der Waals surface area contributed by atoms with Gasteiger partial charge in [0.15, 0.2) is 6.29 Å². The zero-order valence-corrected chi connectivity index (χ0v) is 19.2. The maximum atomic E-state index is 13.5. The molecule has 0 spiro atoms. The van der Waals surface area contributed by atoms with Gasteiger partial charge in [-0.1, -0.05) is 12.1 Å². The molecule has 0 radical (unpaired) electrons. The highest BCUT2D eigenvalue weighted by molar-refractivity contribution is 6.00. The fraction of sp³-hybridized carbons (Fsp3) is 0.333. The number of hydrogen-bond acceptors (Lipinski definition) is 7. The van der Waals surface area contributed by atoms with Crippen molar-refractivity contribution >= 4 is 5.91 Å². The Bertz CT molecular complexity index is 1140. The molecule has 9 heteroatoms. The van der Waals surface area contributed by atoms with Crippen molar-refractivity contribution in [3.8, 4) is 28.5 Å². The minimum Gasteiger partial charge on any atom is -0.497 e.